The second kappa shape index (κ2) is 11.3. The number of anilines is 1. The molecule has 0 aliphatic carbocycles. The van der Waals surface area contributed by atoms with Crippen molar-refractivity contribution in [3.63, 3.8) is 0 Å². The van der Waals surface area contributed by atoms with Gasteiger partial charge < -0.3 is 20.1 Å². The molecule has 3 aromatic carbocycles. The summed E-state index contributed by atoms with van der Waals surface area (Å²) in [6.07, 6.45) is 1.56. The molecular weight excluding hydrogens is 550 g/mol. The van der Waals surface area contributed by atoms with Gasteiger partial charge in [0.2, 0.25) is 0 Å². The summed E-state index contributed by atoms with van der Waals surface area (Å²) in [6, 6.07) is 18.8. The van der Waals surface area contributed by atoms with E-state index in [1.807, 2.05) is 30.3 Å². The summed E-state index contributed by atoms with van der Waals surface area (Å²) in [7, 11) is 1.47. The minimum absolute atomic E-state index is 0.152. The molecule has 0 unspecified atom stereocenters. The molecule has 3 aromatic rings. The number of nitrogens with one attached hydrogen (secondary N) is 2. The van der Waals surface area contributed by atoms with Gasteiger partial charge in [0, 0.05) is 10.2 Å². The molecule has 184 valence electrons. The molecule has 0 bridgehead atoms. The quantitative estimate of drug-likeness (QED) is 0.286. The fourth-order valence-corrected chi connectivity index (χ4v) is 3.88. The van der Waals surface area contributed by atoms with Crippen LogP contribution in [0.15, 0.2) is 76.9 Å². The Morgan fingerprint density at radius 2 is 1.86 bits per heavy atom. The van der Waals surface area contributed by atoms with Crippen LogP contribution in [0.2, 0.25) is 5.02 Å². The van der Waals surface area contributed by atoms with Crippen LogP contribution in [0.3, 0.4) is 0 Å². The van der Waals surface area contributed by atoms with Gasteiger partial charge in [-0.2, -0.15) is 0 Å². The normalized spacial score (nSPS) is 14.1. The third kappa shape index (κ3) is 6.05. The van der Waals surface area contributed by atoms with E-state index in [-0.39, 0.29) is 24.8 Å². The van der Waals surface area contributed by atoms with Gasteiger partial charge in [0.1, 0.15) is 5.70 Å². The Kier molecular flexibility index (Phi) is 7.92. The second-order valence-corrected chi connectivity index (χ2v) is 9.00. The zero-order valence-electron chi connectivity index (χ0n) is 19.1. The number of ether oxygens (including phenoxy) is 2. The Morgan fingerprint density at radius 1 is 1.08 bits per heavy atom. The van der Waals surface area contributed by atoms with Gasteiger partial charge in [-0.05, 0) is 63.5 Å². The van der Waals surface area contributed by atoms with Crippen LogP contribution in [0.1, 0.15) is 11.1 Å². The van der Waals surface area contributed by atoms with E-state index in [1.165, 1.54) is 7.11 Å². The van der Waals surface area contributed by atoms with Crippen LogP contribution in [0.4, 0.5) is 10.5 Å². The first-order chi connectivity index (χ1) is 17.3. The lowest BCUT2D eigenvalue weighted by Gasteiger charge is -2.12. The van der Waals surface area contributed by atoms with E-state index in [9.17, 15) is 14.4 Å². The molecule has 1 heterocycles. The van der Waals surface area contributed by atoms with E-state index < -0.39 is 11.9 Å². The number of carbonyl (C=O) groups is 3. The number of methoxy groups -OCH3 is 1. The Hall–Kier alpha value is -3.82. The highest BCUT2D eigenvalue weighted by Gasteiger charge is 2.33. The van der Waals surface area contributed by atoms with E-state index in [4.69, 9.17) is 21.1 Å². The fourth-order valence-electron chi connectivity index (χ4n) is 3.46. The number of hydrogen-bond donors (Lipinski definition) is 2. The molecule has 0 spiro atoms. The number of carbonyl (C=O) groups excluding carboxylic acids is 3. The van der Waals surface area contributed by atoms with Gasteiger partial charge in [-0.3, -0.25) is 14.5 Å². The van der Waals surface area contributed by atoms with Gasteiger partial charge in [-0.25, -0.2) is 4.79 Å². The number of hydrogen-bond acceptors (Lipinski definition) is 5. The summed E-state index contributed by atoms with van der Waals surface area (Å²) in [5, 5.41) is 5.78. The van der Waals surface area contributed by atoms with Crippen molar-refractivity contribution in [2.45, 2.75) is 6.54 Å². The number of benzene rings is 3. The summed E-state index contributed by atoms with van der Waals surface area (Å²) in [5.41, 5.74) is 2.14. The maximum absolute atomic E-state index is 12.8. The zero-order valence-corrected chi connectivity index (χ0v) is 21.4. The number of halogens is 2. The summed E-state index contributed by atoms with van der Waals surface area (Å²) < 4.78 is 11.7. The molecule has 1 aliphatic heterocycles. The van der Waals surface area contributed by atoms with E-state index in [0.717, 1.165) is 14.9 Å². The van der Waals surface area contributed by atoms with Crippen molar-refractivity contribution in [3.05, 3.63) is 93.0 Å². The maximum Gasteiger partial charge on any atom is 0.329 e. The summed E-state index contributed by atoms with van der Waals surface area (Å²) >= 11 is 9.35. The van der Waals surface area contributed by atoms with Gasteiger partial charge in [0.05, 0.1) is 18.7 Å². The van der Waals surface area contributed by atoms with Gasteiger partial charge in [-0.1, -0.05) is 48.0 Å². The van der Waals surface area contributed by atoms with E-state index in [0.29, 0.717) is 27.8 Å². The Morgan fingerprint density at radius 3 is 2.58 bits per heavy atom. The van der Waals surface area contributed by atoms with Crippen molar-refractivity contribution in [2.75, 3.05) is 19.0 Å². The summed E-state index contributed by atoms with van der Waals surface area (Å²) in [5.74, 6) is -0.0925. The fraction of sp³-hybridized carbons (Fsp3) is 0.115. The molecule has 36 heavy (non-hydrogen) atoms. The summed E-state index contributed by atoms with van der Waals surface area (Å²) in [6.45, 7) is -0.0824. The molecule has 4 rings (SSSR count). The lowest BCUT2D eigenvalue weighted by molar-refractivity contribution is -0.123. The highest BCUT2D eigenvalue weighted by molar-refractivity contribution is 9.10. The average molecular weight is 571 g/mol. The number of amides is 4. The van der Waals surface area contributed by atoms with Crippen LogP contribution in [0.25, 0.3) is 6.08 Å². The predicted octanol–water partition coefficient (Wildman–Crippen LogP) is 5.22. The zero-order chi connectivity index (χ0) is 25.7. The topological polar surface area (TPSA) is 97.0 Å². The van der Waals surface area contributed by atoms with Crippen molar-refractivity contribution in [3.8, 4) is 11.5 Å². The molecule has 0 radical (unpaired) electrons. The van der Waals surface area contributed by atoms with Crippen molar-refractivity contribution < 1.29 is 23.9 Å². The van der Waals surface area contributed by atoms with E-state index in [1.54, 1.807) is 42.5 Å². The average Bonchev–Trinajstić information content (AvgIpc) is 3.13. The largest absolute Gasteiger partial charge is 0.493 e. The predicted molar refractivity (Wildman–Crippen MR) is 140 cm³/mol. The standard InChI is InChI=1S/C26H21BrClN3O5/c1-35-23-12-17(11-21-25(33)31(26(34)30-21)14-16-5-3-2-4-6-16)7-10-22(23)36-15-24(32)29-18-8-9-19(27)20(28)13-18/h2-13H,14-15H2,1H3,(H,29,32)(H,30,34)/b21-11+. The Bertz CT molecular complexity index is 1350. The molecule has 4 amide bonds. The molecule has 8 nitrogen and oxygen atoms in total. The lowest BCUT2D eigenvalue weighted by atomic mass is 10.1. The molecule has 0 aromatic heterocycles. The van der Waals surface area contributed by atoms with Crippen LogP contribution < -0.4 is 20.1 Å². The Labute approximate surface area is 221 Å². The summed E-state index contributed by atoms with van der Waals surface area (Å²) in [4.78, 5) is 38.5. The first kappa shape index (κ1) is 25.3. The molecule has 0 saturated carbocycles. The van der Waals surface area contributed by atoms with Crippen LogP contribution >= 0.6 is 27.5 Å². The van der Waals surface area contributed by atoms with E-state index >= 15 is 0 Å². The number of rotatable bonds is 8. The van der Waals surface area contributed by atoms with Crippen LogP contribution in [0.5, 0.6) is 11.5 Å². The third-order valence-corrected chi connectivity index (χ3v) is 6.44. The second-order valence-electron chi connectivity index (χ2n) is 7.74. The van der Waals surface area contributed by atoms with Crippen molar-refractivity contribution in [1.29, 1.82) is 0 Å². The van der Waals surface area contributed by atoms with Crippen molar-refractivity contribution >= 4 is 57.1 Å². The third-order valence-electron chi connectivity index (χ3n) is 5.21. The Balaban J connectivity index is 1.41. The molecule has 0 atom stereocenters. The van der Waals surface area contributed by atoms with Gasteiger partial charge in [0.15, 0.2) is 18.1 Å². The molecule has 1 aliphatic rings. The number of urea groups is 1. The minimum Gasteiger partial charge on any atom is -0.493 e. The molecule has 10 heteroatoms. The first-order valence-corrected chi connectivity index (χ1v) is 12.0. The minimum atomic E-state index is -0.486. The van der Waals surface area contributed by atoms with Crippen LogP contribution in [-0.4, -0.2) is 36.5 Å². The molecule has 1 saturated heterocycles. The monoisotopic (exact) mass is 569 g/mol. The van der Waals surface area contributed by atoms with Gasteiger partial charge in [0.25, 0.3) is 11.8 Å². The van der Waals surface area contributed by atoms with Gasteiger partial charge >= 0.3 is 6.03 Å². The lowest BCUT2D eigenvalue weighted by Crippen LogP contribution is -2.30. The first-order valence-electron chi connectivity index (χ1n) is 10.8. The molecule has 1 fully saturated rings. The van der Waals surface area contributed by atoms with Crippen LogP contribution in [0, 0.1) is 0 Å². The van der Waals surface area contributed by atoms with Gasteiger partial charge in [-0.15, -0.1) is 0 Å². The van der Waals surface area contributed by atoms with Crippen molar-refractivity contribution in [2.24, 2.45) is 0 Å². The molecule has 2 N–H and O–H groups in total. The smallest absolute Gasteiger partial charge is 0.329 e. The number of imide groups is 1. The molecular formula is C26H21BrClN3O5. The maximum atomic E-state index is 12.8. The number of nitrogens with zero attached hydrogens (tertiary/aromatic N) is 1. The van der Waals surface area contributed by atoms with E-state index in [2.05, 4.69) is 26.6 Å². The highest BCUT2D eigenvalue weighted by atomic mass is 79.9. The van der Waals surface area contributed by atoms with Crippen LogP contribution in [-0.2, 0) is 16.1 Å². The highest BCUT2D eigenvalue weighted by Crippen LogP contribution is 2.30. The van der Waals surface area contributed by atoms with Crippen molar-refractivity contribution in [1.82, 2.24) is 10.2 Å². The SMILES string of the molecule is COc1cc(/C=C2/NC(=O)N(Cc3ccccc3)C2=O)ccc1OCC(=O)Nc1ccc(Br)c(Cl)c1.